The fourth-order valence-electron chi connectivity index (χ4n) is 1.72. The second-order valence-corrected chi connectivity index (χ2v) is 4.75. The Labute approximate surface area is 111 Å². The van der Waals surface area contributed by atoms with E-state index in [4.69, 9.17) is 4.74 Å². The van der Waals surface area contributed by atoms with Crippen molar-refractivity contribution in [2.75, 3.05) is 19.7 Å². The molecular weight excluding hydrogens is 291 g/mol. The van der Waals surface area contributed by atoms with Gasteiger partial charge in [-0.2, -0.15) is 0 Å². The molecule has 1 fully saturated rings. The summed E-state index contributed by atoms with van der Waals surface area (Å²) in [6.45, 7) is 2.98. The minimum atomic E-state index is 0. The van der Waals surface area contributed by atoms with E-state index in [1.165, 1.54) is 12.8 Å². The number of nitrogens with one attached hydrogen (secondary N) is 1. The molecule has 90 valence electrons. The Kier molecular flexibility index (Phi) is 6.09. The van der Waals surface area contributed by atoms with E-state index in [-0.39, 0.29) is 12.4 Å². The topological polar surface area (TPSA) is 34.1 Å². The first-order valence-electron chi connectivity index (χ1n) is 5.29. The zero-order chi connectivity index (χ0) is 10.5. The summed E-state index contributed by atoms with van der Waals surface area (Å²) in [4.78, 5) is 4.17. The molecule has 2 heterocycles. The molecule has 0 aromatic carbocycles. The molecule has 1 aromatic rings. The van der Waals surface area contributed by atoms with Crippen LogP contribution >= 0.6 is 28.3 Å². The minimum Gasteiger partial charge on any atom is -0.477 e. The van der Waals surface area contributed by atoms with E-state index in [1.807, 2.05) is 12.1 Å². The van der Waals surface area contributed by atoms with E-state index in [0.29, 0.717) is 11.8 Å². The van der Waals surface area contributed by atoms with Crippen LogP contribution in [0.25, 0.3) is 0 Å². The van der Waals surface area contributed by atoms with Gasteiger partial charge in [-0.3, -0.25) is 0 Å². The van der Waals surface area contributed by atoms with Crippen LogP contribution in [0.15, 0.2) is 22.8 Å². The summed E-state index contributed by atoms with van der Waals surface area (Å²) in [5, 5.41) is 3.37. The van der Waals surface area contributed by atoms with Gasteiger partial charge in [0.2, 0.25) is 5.88 Å². The quantitative estimate of drug-likeness (QED) is 0.932. The van der Waals surface area contributed by atoms with Crippen molar-refractivity contribution >= 4 is 28.3 Å². The second kappa shape index (κ2) is 7.09. The molecule has 0 radical (unpaired) electrons. The molecule has 1 atom stereocenters. The van der Waals surface area contributed by atoms with Crippen LogP contribution in [-0.2, 0) is 0 Å². The van der Waals surface area contributed by atoms with Crippen LogP contribution in [0.5, 0.6) is 5.88 Å². The molecule has 0 aliphatic carbocycles. The van der Waals surface area contributed by atoms with Gasteiger partial charge in [-0.25, -0.2) is 4.98 Å². The molecule has 0 saturated carbocycles. The number of halogens is 2. The number of piperidine rings is 1. The standard InChI is InChI=1S/C11H15BrN2O.ClH/c12-10-3-4-11(14-7-10)15-8-9-2-1-5-13-6-9;/h3-4,7,9,13H,1-2,5-6,8H2;1H. The average molecular weight is 308 g/mol. The van der Waals surface area contributed by atoms with Crippen LogP contribution in [0.2, 0.25) is 0 Å². The molecule has 1 saturated heterocycles. The average Bonchev–Trinajstić information content (AvgIpc) is 2.30. The highest BCUT2D eigenvalue weighted by atomic mass is 79.9. The smallest absolute Gasteiger partial charge is 0.213 e. The number of pyridine rings is 1. The lowest BCUT2D eigenvalue weighted by atomic mass is 10.0. The van der Waals surface area contributed by atoms with E-state index in [1.54, 1.807) is 6.20 Å². The van der Waals surface area contributed by atoms with Gasteiger partial charge < -0.3 is 10.1 Å². The molecule has 0 spiro atoms. The summed E-state index contributed by atoms with van der Waals surface area (Å²) in [7, 11) is 0. The summed E-state index contributed by atoms with van der Waals surface area (Å²) in [5.74, 6) is 1.34. The third-order valence-corrected chi connectivity index (χ3v) is 3.04. The molecule has 1 aliphatic rings. The Hall–Kier alpha value is -0.320. The summed E-state index contributed by atoms with van der Waals surface area (Å²) >= 11 is 3.35. The highest BCUT2D eigenvalue weighted by Crippen LogP contribution is 2.15. The molecule has 1 N–H and O–H groups in total. The Balaban J connectivity index is 0.00000128. The van der Waals surface area contributed by atoms with E-state index < -0.39 is 0 Å². The predicted octanol–water partition coefficient (Wildman–Crippen LogP) is 2.64. The molecule has 1 aromatic heterocycles. The van der Waals surface area contributed by atoms with Gasteiger partial charge >= 0.3 is 0 Å². The summed E-state index contributed by atoms with van der Waals surface area (Å²) in [5.41, 5.74) is 0. The van der Waals surface area contributed by atoms with Crippen molar-refractivity contribution in [2.45, 2.75) is 12.8 Å². The first kappa shape index (κ1) is 13.7. The first-order valence-corrected chi connectivity index (χ1v) is 6.09. The number of nitrogens with zero attached hydrogens (tertiary/aromatic N) is 1. The van der Waals surface area contributed by atoms with Crippen molar-refractivity contribution < 1.29 is 4.74 Å². The summed E-state index contributed by atoms with van der Waals surface area (Å²) in [6.07, 6.45) is 4.26. The van der Waals surface area contributed by atoms with E-state index >= 15 is 0 Å². The zero-order valence-corrected chi connectivity index (χ0v) is 11.4. The lowest BCUT2D eigenvalue weighted by Gasteiger charge is -2.22. The maximum absolute atomic E-state index is 5.63. The maximum atomic E-state index is 5.63. The van der Waals surface area contributed by atoms with Crippen LogP contribution in [0.1, 0.15) is 12.8 Å². The fraction of sp³-hybridized carbons (Fsp3) is 0.545. The SMILES string of the molecule is Brc1ccc(OCC2CCCNC2)nc1.Cl. The normalized spacial score (nSPS) is 19.9. The third kappa shape index (κ3) is 4.28. The van der Waals surface area contributed by atoms with Crippen molar-refractivity contribution in [1.82, 2.24) is 10.3 Å². The number of aromatic nitrogens is 1. The zero-order valence-electron chi connectivity index (χ0n) is 8.99. The molecule has 0 amide bonds. The highest BCUT2D eigenvalue weighted by Gasteiger charge is 2.13. The van der Waals surface area contributed by atoms with Gasteiger partial charge in [0.25, 0.3) is 0 Å². The maximum Gasteiger partial charge on any atom is 0.213 e. The predicted molar refractivity (Wildman–Crippen MR) is 70.3 cm³/mol. The van der Waals surface area contributed by atoms with Gasteiger partial charge in [0.05, 0.1) is 6.61 Å². The molecule has 1 unspecified atom stereocenters. The van der Waals surface area contributed by atoms with Crippen molar-refractivity contribution in [2.24, 2.45) is 5.92 Å². The fourth-order valence-corrected chi connectivity index (χ4v) is 1.95. The first-order chi connectivity index (χ1) is 7.34. The molecule has 1 aliphatic heterocycles. The largest absolute Gasteiger partial charge is 0.477 e. The lowest BCUT2D eigenvalue weighted by Crippen LogP contribution is -2.33. The van der Waals surface area contributed by atoms with Gasteiger partial charge in [-0.05, 0) is 41.4 Å². The van der Waals surface area contributed by atoms with Crippen molar-refractivity contribution in [3.8, 4) is 5.88 Å². The molecule has 16 heavy (non-hydrogen) atoms. The Morgan fingerprint density at radius 3 is 3.00 bits per heavy atom. The van der Waals surface area contributed by atoms with E-state index in [9.17, 15) is 0 Å². The Morgan fingerprint density at radius 1 is 1.50 bits per heavy atom. The number of hydrogen-bond acceptors (Lipinski definition) is 3. The Bertz CT molecular complexity index is 301. The number of rotatable bonds is 3. The molecular formula is C11H16BrClN2O. The van der Waals surface area contributed by atoms with Crippen LogP contribution in [-0.4, -0.2) is 24.7 Å². The molecule has 2 rings (SSSR count). The van der Waals surface area contributed by atoms with Gasteiger partial charge in [0, 0.05) is 29.2 Å². The third-order valence-electron chi connectivity index (χ3n) is 2.57. The van der Waals surface area contributed by atoms with Crippen LogP contribution in [0.3, 0.4) is 0 Å². The van der Waals surface area contributed by atoms with Gasteiger partial charge in [-0.15, -0.1) is 12.4 Å². The number of hydrogen-bond donors (Lipinski definition) is 1. The van der Waals surface area contributed by atoms with Crippen molar-refractivity contribution in [3.05, 3.63) is 22.8 Å². The van der Waals surface area contributed by atoms with Gasteiger partial charge in [-0.1, -0.05) is 0 Å². The van der Waals surface area contributed by atoms with Crippen molar-refractivity contribution in [1.29, 1.82) is 0 Å². The molecule has 5 heteroatoms. The van der Waals surface area contributed by atoms with Crippen LogP contribution < -0.4 is 10.1 Å². The minimum absolute atomic E-state index is 0. The van der Waals surface area contributed by atoms with Gasteiger partial charge in [0.15, 0.2) is 0 Å². The van der Waals surface area contributed by atoms with E-state index in [2.05, 4.69) is 26.2 Å². The van der Waals surface area contributed by atoms with Gasteiger partial charge in [0.1, 0.15) is 0 Å². The highest BCUT2D eigenvalue weighted by molar-refractivity contribution is 9.10. The van der Waals surface area contributed by atoms with Crippen LogP contribution in [0.4, 0.5) is 0 Å². The summed E-state index contributed by atoms with van der Waals surface area (Å²) < 4.78 is 6.61. The second-order valence-electron chi connectivity index (χ2n) is 3.84. The number of ether oxygens (including phenoxy) is 1. The molecule has 0 bridgehead atoms. The summed E-state index contributed by atoms with van der Waals surface area (Å²) in [6, 6.07) is 3.84. The Morgan fingerprint density at radius 2 is 2.38 bits per heavy atom. The van der Waals surface area contributed by atoms with E-state index in [0.717, 1.165) is 24.2 Å². The monoisotopic (exact) mass is 306 g/mol. The van der Waals surface area contributed by atoms with Crippen molar-refractivity contribution in [3.63, 3.8) is 0 Å². The molecule has 3 nitrogen and oxygen atoms in total. The lowest BCUT2D eigenvalue weighted by molar-refractivity contribution is 0.212. The van der Waals surface area contributed by atoms with Crippen LogP contribution in [0, 0.1) is 5.92 Å².